The van der Waals surface area contributed by atoms with E-state index >= 15 is 0 Å². The molecule has 1 amide bonds. The van der Waals surface area contributed by atoms with E-state index in [9.17, 15) is 14.4 Å². The highest BCUT2D eigenvalue weighted by atomic mass is 16.5. The number of nitrogens with zero attached hydrogens (tertiary/aromatic N) is 3. The molecular formula is C22H24N4O5. The first-order valence-electron chi connectivity index (χ1n) is 9.94. The average Bonchev–Trinajstić information content (AvgIpc) is 2.77. The molecule has 0 unspecified atom stereocenters. The van der Waals surface area contributed by atoms with Crippen molar-refractivity contribution >= 4 is 22.8 Å². The first-order valence-corrected chi connectivity index (χ1v) is 9.94. The Morgan fingerprint density at radius 2 is 1.81 bits per heavy atom. The van der Waals surface area contributed by atoms with Crippen LogP contribution in [0.3, 0.4) is 0 Å². The number of esters is 1. The second kappa shape index (κ2) is 9.84. The van der Waals surface area contributed by atoms with Crippen molar-refractivity contribution < 1.29 is 19.1 Å². The lowest BCUT2D eigenvalue weighted by Crippen LogP contribution is -2.45. The standard InChI is InChI=1S/C22H24N4O5/c1-4-30-18-12-8-6-10-16(18)20(27)23-19(14(2)3)22(29)31-13-26-21(28)15-9-5-7-11-17(15)24-25-26/h5-12,14,19H,4,13H2,1-3H3,(H,23,27)/t19-/m1/s1. The molecule has 1 aromatic heterocycles. The topological polar surface area (TPSA) is 112 Å². The van der Waals surface area contributed by atoms with E-state index < -0.39 is 30.2 Å². The van der Waals surface area contributed by atoms with Gasteiger partial charge < -0.3 is 14.8 Å². The summed E-state index contributed by atoms with van der Waals surface area (Å²) in [7, 11) is 0. The fraction of sp³-hybridized carbons (Fsp3) is 0.318. The summed E-state index contributed by atoms with van der Waals surface area (Å²) in [5.41, 5.74) is 0.351. The molecule has 0 fully saturated rings. The minimum atomic E-state index is -0.925. The number of ether oxygens (including phenoxy) is 2. The maximum atomic E-state index is 12.8. The van der Waals surface area contributed by atoms with Gasteiger partial charge in [-0.1, -0.05) is 43.3 Å². The summed E-state index contributed by atoms with van der Waals surface area (Å²) in [5, 5.41) is 10.8. The number of amides is 1. The van der Waals surface area contributed by atoms with Crippen LogP contribution in [-0.2, 0) is 16.3 Å². The van der Waals surface area contributed by atoms with Crippen molar-refractivity contribution in [1.29, 1.82) is 0 Å². The highest BCUT2D eigenvalue weighted by Crippen LogP contribution is 2.18. The minimum absolute atomic E-state index is 0.255. The van der Waals surface area contributed by atoms with E-state index in [-0.39, 0.29) is 5.92 Å². The zero-order valence-corrected chi connectivity index (χ0v) is 17.6. The van der Waals surface area contributed by atoms with Gasteiger partial charge in [0.15, 0.2) is 6.73 Å². The monoisotopic (exact) mass is 424 g/mol. The van der Waals surface area contributed by atoms with Crippen LogP contribution in [-0.4, -0.2) is 39.5 Å². The Morgan fingerprint density at radius 3 is 2.55 bits per heavy atom. The Balaban J connectivity index is 1.72. The van der Waals surface area contributed by atoms with Crippen molar-refractivity contribution in [2.24, 2.45) is 5.92 Å². The predicted molar refractivity (Wildman–Crippen MR) is 114 cm³/mol. The van der Waals surface area contributed by atoms with Crippen LogP contribution in [0.25, 0.3) is 10.9 Å². The molecule has 0 saturated carbocycles. The Bertz CT molecular complexity index is 1140. The second-order valence-corrected chi connectivity index (χ2v) is 7.13. The van der Waals surface area contributed by atoms with Crippen LogP contribution in [0.4, 0.5) is 0 Å². The molecular weight excluding hydrogens is 400 g/mol. The SMILES string of the molecule is CCOc1ccccc1C(=O)N[C@@H](C(=O)OCn1nnc2ccccc2c1=O)C(C)C. The van der Waals surface area contributed by atoms with E-state index in [1.54, 1.807) is 62.4 Å². The van der Waals surface area contributed by atoms with Gasteiger partial charge in [-0.05, 0) is 37.1 Å². The smallest absolute Gasteiger partial charge is 0.330 e. The van der Waals surface area contributed by atoms with Crippen LogP contribution in [0.15, 0.2) is 53.3 Å². The van der Waals surface area contributed by atoms with E-state index in [0.29, 0.717) is 28.8 Å². The first-order chi connectivity index (χ1) is 14.9. The summed E-state index contributed by atoms with van der Waals surface area (Å²) in [5.74, 6) is -0.965. The molecule has 162 valence electrons. The molecule has 2 aromatic carbocycles. The second-order valence-electron chi connectivity index (χ2n) is 7.13. The van der Waals surface area contributed by atoms with Crippen molar-refractivity contribution in [2.45, 2.75) is 33.5 Å². The van der Waals surface area contributed by atoms with E-state index in [0.717, 1.165) is 4.68 Å². The van der Waals surface area contributed by atoms with Gasteiger partial charge in [0.1, 0.15) is 17.3 Å². The lowest BCUT2D eigenvalue weighted by atomic mass is 10.0. The molecule has 0 saturated heterocycles. The van der Waals surface area contributed by atoms with Crippen LogP contribution >= 0.6 is 0 Å². The summed E-state index contributed by atoms with van der Waals surface area (Å²) >= 11 is 0. The number of aromatic nitrogens is 3. The van der Waals surface area contributed by atoms with Crippen molar-refractivity contribution in [1.82, 2.24) is 20.3 Å². The highest BCUT2D eigenvalue weighted by molar-refractivity contribution is 5.99. The molecule has 3 aromatic rings. The molecule has 1 atom stereocenters. The number of para-hydroxylation sites is 1. The van der Waals surface area contributed by atoms with E-state index in [1.165, 1.54) is 0 Å². The van der Waals surface area contributed by atoms with Crippen molar-refractivity contribution in [3.8, 4) is 5.75 Å². The third kappa shape index (κ3) is 5.06. The van der Waals surface area contributed by atoms with Gasteiger partial charge in [-0.2, -0.15) is 4.68 Å². The summed E-state index contributed by atoms with van der Waals surface area (Å²) in [6.45, 7) is 5.37. The van der Waals surface area contributed by atoms with Gasteiger partial charge in [0.25, 0.3) is 11.5 Å². The Labute approximate surface area is 179 Å². The Hall–Kier alpha value is -3.75. The first kappa shape index (κ1) is 21.9. The largest absolute Gasteiger partial charge is 0.493 e. The summed E-state index contributed by atoms with van der Waals surface area (Å²) in [4.78, 5) is 37.9. The minimum Gasteiger partial charge on any atom is -0.493 e. The number of rotatable bonds is 8. The van der Waals surface area contributed by atoms with Crippen LogP contribution in [0.1, 0.15) is 31.1 Å². The molecule has 9 heteroatoms. The van der Waals surface area contributed by atoms with Crippen molar-refractivity contribution in [3.63, 3.8) is 0 Å². The number of nitrogens with one attached hydrogen (secondary N) is 1. The zero-order valence-electron chi connectivity index (χ0n) is 17.6. The van der Waals surface area contributed by atoms with Crippen LogP contribution in [0.5, 0.6) is 5.75 Å². The highest BCUT2D eigenvalue weighted by Gasteiger charge is 2.27. The van der Waals surface area contributed by atoms with E-state index in [4.69, 9.17) is 9.47 Å². The molecule has 0 aliphatic rings. The van der Waals surface area contributed by atoms with Gasteiger partial charge in [0, 0.05) is 0 Å². The van der Waals surface area contributed by atoms with Gasteiger partial charge in [-0.15, -0.1) is 5.10 Å². The zero-order chi connectivity index (χ0) is 22.4. The molecule has 3 rings (SSSR count). The van der Waals surface area contributed by atoms with Gasteiger partial charge in [0.05, 0.1) is 17.6 Å². The molecule has 0 bridgehead atoms. The third-order valence-corrected chi connectivity index (χ3v) is 4.60. The number of carbonyl (C=O) groups excluding carboxylic acids is 2. The molecule has 31 heavy (non-hydrogen) atoms. The third-order valence-electron chi connectivity index (χ3n) is 4.60. The maximum absolute atomic E-state index is 12.8. The predicted octanol–water partition coefficient (Wildman–Crippen LogP) is 2.15. The molecule has 1 N–H and O–H groups in total. The van der Waals surface area contributed by atoms with Gasteiger partial charge in [-0.3, -0.25) is 9.59 Å². The lowest BCUT2D eigenvalue weighted by molar-refractivity contribution is -0.151. The summed E-state index contributed by atoms with van der Waals surface area (Å²) in [6.07, 6.45) is 0. The van der Waals surface area contributed by atoms with Gasteiger partial charge >= 0.3 is 5.97 Å². The number of hydrogen-bond acceptors (Lipinski definition) is 7. The molecule has 0 aliphatic carbocycles. The van der Waals surface area contributed by atoms with Crippen LogP contribution in [0.2, 0.25) is 0 Å². The quantitative estimate of drug-likeness (QED) is 0.551. The Kier molecular flexibility index (Phi) is 6.96. The average molecular weight is 424 g/mol. The maximum Gasteiger partial charge on any atom is 0.330 e. The Morgan fingerprint density at radius 1 is 1.10 bits per heavy atom. The normalized spacial score (nSPS) is 11.9. The number of benzene rings is 2. The van der Waals surface area contributed by atoms with E-state index in [2.05, 4.69) is 15.6 Å². The number of hydrogen-bond donors (Lipinski definition) is 1. The van der Waals surface area contributed by atoms with Crippen LogP contribution in [0, 0.1) is 5.92 Å². The van der Waals surface area contributed by atoms with Crippen molar-refractivity contribution in [2.75, 3.05) is 6.61 Å². The van der Waals surface area contributed by atoms with Crippen LogP contribution < -0.4 is 15.6 Å². The molecule has 0 aliphatic heterocycles. The summed E-state index contributed by atoms with van der Waals surface area (Å²) in [6, 6.07) is 12.6. The van der Waals surface area contributed by atoms with Gasteiger partial charge in [0.2, 0.25) is 0 Å². The summed E-state index contributed by atoms with van der Waals surface area (Å²) < 4.78 is 11.7. The van der Waals surface area contributed by atoms with E-state index in [1.807, 2.05) is 6.92 Å². The fourth-order valence-corrected chi connectivity index (χ4v) is 2.97. The number of carbonyl (C=O) groups is 2. The lowest BCUT2D eigenvalue weighted by Gasteiger charge is -2.21. The fourth-order valence-electron chi connectivity index (χ4n) is 2.97. The van der Waals surface area contributed by atoms with Gasteiger partial charge in [-0.25, -0.2) is 4.79 Å². The van der Waals surface area contributed by atoms with Crippen molar-refractivity contribution in [3.05, 3.63) is 64.4 Å². The number of fused-ring (bicyclic) bond motifs is 1. The molecule has 0 radical (unpaired) electrons. The molecule has 1 heterocycles. The molecule has 0 spiro atoms. The molecule has 9 nitrogen and oxygen atoms in total.